The second-order valence-electron chi connectivity index (χ2n) is 6.77. The highest BCUT2D eigenvalue weighted by molar-refractivity contribution is 5.95. The van der Waals surface area contributed by atoms with Gasteiger partial charge in [-0.1, -0.05) is 13.8 Å². The van der Waals surface area contributed by atoms with Gasteiger partial charge >= 0.3 is 0 Å². The molecule has 0 unspecified atom stereocenters. The summed E-state index contributed by atoms with van der Waals surface area (Å²) in [7, 11) is 0. The number of carbonyl (C=O) groups excluding carboxylic acids is 1. The van der Waals surface area contributed by atoms with Crippen LogP contribution >= 0.6 is 0 Å². The van der Waals surface area contributed by atoms with Crippen LogP contribution in [0.4, 0.5) is 5.69 Å². The van der Waals surface area contributed by atoms with Gasteiger partial charge in [0, 0.05) is 37.4 Å². The lowest BCUT2D eigenvalue weighted by Gasteiger charge is -2.34. The molecule has 2 heterocycles. The number of nitrogens with one attached hydrogen (secondary N) is 1. The molecule has 3 rings (SSSR count). The Balaban J connectivity index is 1.56. The number of carbonyl (C=O) groups is 1. The van der Waals surface area contributed by atoms with Crippen LogP contribution < -0.4 is 5.32 Å². The Hall–Kier alpha value is -1.55. The maximum Gasteiger partial charge on any atom is 0.253 e. The third kappa shape index (κ3) is 3.69. The minimum Gasteiger partial charge on any atom is -0.384 e. The van der Waals surface area contributed by atoms with Gasteiger partial charge in [-0.05, 0) is 62.0 Å². The van der Waals surface area contributed by atoms with Crippen LogP contribution in [0.2, 0.25) is 0 Å². The van der Waals surface area contributed by atoms with Crippen molar-refractivity contribution in [3.05, 3.63) is 29.3 Å². The molecule has 4 heteroatoms. The molecule has 0 radical (unpaired) electrons. The minimum absolute atomic E-state index is 0.209. The summed E-state index contributed by atoms with van der Waals surface area (Å²) in [6.45, 7) is 10.7. The topological polar surface area (TPSA) is 35.6 Å². The Labute approximate surface area is 139 Å². The number of fused-ring (bicyclic) bond motifs is 1. The van der Waals surface area contributed by atoms with Crippen LogP contribution in [0.25, 0.3) is 0 Å². The molecule has 0 bridgehead atoms. The van der Waals surface area contributed by atoms with Crippen molar-refractivity contribution in [3.63, 3.8) is 0 Å². The van der Waals surface area contributed by atoms with Gasteiger partial charge in [-0.15, -0.1) is 0 Å². The zero-order chi connectivity index (χ0) is 16.2. The van der Waals surface area contributed by atoms with E-state index in [2.05, 4.69) is 36.2 Å². The van der Waals surface area contributed by atoms with E-state index in [1.807, 2.05) is 11.0 Å². The van der Waals surface area contributed by atoms with Gasteiger partial charge < -0.3 is 15.1 Å². The van der Waals surface area contributed by atoms with Crippen LogP contribution in [0.5, 0.6) is 0 Å². The zero-order valence-electron chi connectivity index (χ0n) is 14.5. The van der Waals surface area contributed by atoms with E-state index in [-0.39, 0.29) is 5.91 Å². The summed E-state index contributed by atoms with van der Waals surface area (Å²) in [5, 5.41) is 3.35. The van der Waals surface area contributed by atoms with Crippen molar-refractivity contribution in [2.45, 2.75) is 33.1 Å². The van der Waals surface area contributed by atoms with Crippen LogP contribution in [0.15, 0.2) is 18.2 Å². The van der Waals surface area contributed by atoms with Gasteiger partial charge in [-0.3, -0.25) is 4.79 Å². The molecule has 0 aromatic heterocycles. The molecule has 23 heavy (non-hydrogen) atoms. The molecule has 2 aliphatic rings. The summed E-state index contributed by atoms with van der Waals surface area (Å²) >= 11 is 0. The average molecular weight is 315 g/mol. The molecule has 1 N–H and O–H groups in total. The number of likely N-dealkylation sites (tertiary alicyclic amines) is 1. The van der Waals surface area contributed by atoms with E-state index >= 15 is 0 Å². The highest BCUT2D eigenvalue weighted by Crippen LogP contribution is 2.25. The molecular weight excluding hydrogens is 286 g/mol. The third-order valence-corrected chi connectivity index (χ3v) is 5.37. The lowest BCUT2D eigenvalue weighted by Crippen LogP contribution is -2.41. The molecule has 0 aliphatic carbocycles. The largest absolute Gasteiger partial charge is 0.384 e. The van der Waals surface area contributed by atoms with E-state index in [0.29, 0.717) is 0 Å². The first-order valence-corrected chi connectivity index (χ1v) is 9.09. The summed E-state index contributed by atoms with van der Waals surface area (Å²) in [6, 6.07) is 6.11. The second-order valence-corrected chi connectivity index (χ2v) is 6.77. The highest BCUT2D eigenvalue weighted by atomic mass is 16.2. The highest BCUT2D eigenvalue weighted by Gasteiger charge is 2.25. The van der Waals surface area contributed by atoms with Gasteiger partial charge in [0.05, 0.1) is 0 Å². The normalized spacial score (nSPS) is 18.1. The number of benzene rings is 1. The van der Waals surface area contributed by atoms with Crippen molar-refractivity contribution in [1.82, 2.24) is 9.80 Å². The molecule has 2 aliphatic heterocycles. The molecule has 0 spiro atoms. The van der Waals surface area contributed by atoms with E-state index < -0.39 is 0 Å². The van der Waals surface area contributed by atoms with E-state index in [1.54, 1.807) is 0 Å². The van der Waals surface area contributed by atoms with Crippen molar-refractivity contribution < 1.29 is 4.79 Å². The summed E-state index contributed by atoms with van der Waals surface area (Å²) in [6.07, 6.45) is 3.30. The van der Waals surface area contributed by atoms with Crippen LogP contribution in [-0.2, 0) is 6.42 Å². The predicted molar refractivity (Wildman–Crippen MR) is 95.1 cm³/mol. The van der Waals surface area contributed by atoms with Gasteiger partial charge in [-0.2, -0.15) is 0 Å². The number of rotatable bonds is 5. The Kier molecular flexibility index (Phi) is 5.21. The fourth-order valence-electron chi connectivity index (χ4n) is 3.79. The van der Waals surface area contributed by atoms with Gasteiger partial charge in [-0.25, -0.2) is 0 Å². The van der Waals surface area contributed by atoms with Crippen LogP contribution in [0, 0.1) is 5.92 Å². The number of hydrogen-bond acceptors (Lipinski definition) is 3. The molecular formula is C19H29N3O. The van der Waals surface area contributed by atoms with Crippen LogP contribution in [-0.4, -0.2) is 55.0 Å². The predicted octanol–water partition coefficient (Wildman–Crippen LogP) is 2.85. The monoisotopic (exact) mass is 315 g/mol. The van der Waals surface area contributed by atoms with E-state index in [1.165, 1.54) is 17.8 Å². The Bertz CT molecular complexity index is 546. The van der Waals surface area contributed by atoms with Crippen molar-refractivity contribution in [2.75, 3.05) is 44.6 Å². The maximum absolute atomic E-state index is 12.7. The molecule has 0 saturated carbocycles. The zero-order valence-corrected chi connectivity index (χ0v) is 14.5. The summed E-state index contributed by atoms with van der Waals surface area (Å²) in [5.41, 5.74) is 3.33. The number of amides is 1. The number of piperidine rings is 1. The van der Waals surface area contributed by atoms with E-state index in [4.69, 9.17) is 0 Å². The fraction of sp³-hybridized carbons (Fsp3) is 0.632. The standard InChI is InChI=1S/C19H29N3O/c1-3-21(4-2)14-15-8-11-22(12-9-15)19(23)17-5-6-18-16(13-17)7-10-20-18/h5-6,13,15,20H,3-4,7-12,14H2,1-2H3. The van der Waals surface area contributed by atoms with E-state index in [0.717, 1.165) is 63.5 Å². The van der Waals surface area contributed by atoms with Crippen molar-refractivity contribution >= 4 is 11.6 Å². The van der Waals surface area contributed by atoms with Crippen molar-refractivity contribution in [3.8, 4) is 0 Å². The van der Waals surface area contributed by atoms with Crippen molar-refractivity contribution in [1.29, 1.82) is 0 Å². The molecule has 1 aromatic rings. The van der Waals surface area contributed by atoms with Crippen molar-refractivity contribution in [2.24, 2.45) is 5.92 Å². The fourth-order valence-corrected chi connectivity index (χ4v) is 3.79. The quantitative estimate of drug-likeness (QED) is 0.907. The number of hydrogen-bond donors (Lipinski definition) is 1. The first-order chi connectivity index (χ1) is 11.2. The van der Waals surface area contributed by atoms with Crippen LogP contribution in [0.3, 0.4) is 0 Å². The molecule has 4 nitrogen and oxygen atoms in total. The first-order valence-electron chi connectivity index (χ1n) is 9.09. The Morgan fingerprint density at radius 3 is 2.70 bits per heavy atom. The second kappa shape index (κ2) is 7.35. The maximum atomic E-state index is 12.7. The molecule has 1 amide bonds. The lowest BCUT2D eigenvalue weighted by atomic mass is 9.95. The first kappa shape index (κ1) is 16.3. The molecule has 0 atom stereocenters. The summed E-state index contributed by atoms with van der Waals surface area (Å²) in [5.74, 6) is 0.948. The third-order valence-electron chi connectivity index (χ3n) is 5.37. The number of nitrogens with zero attached hydrogens (tertiary/aromatic N) is 2. The Morgan fingerprint density at radius 2 is 2.00 bits per heavy atom. The Morgan fingerprint density at radius 1 is 1.26 bits per heavy atom. The summed E-state index contributed by atoms with van der Waals surface area (Å²) < 4.78 is 0. The molecule has 1 aromatic carbocycles. The molecule has 1 fully saturated rings. The van der Waals surface area contributed by atoms with Gasteiger partial charge in [0.25, 0.3) is 5.91 Å². The number of anilines is 1. The molecule has 126 valence electrons. The average Bonchev–Trinajstić information content (AvgIpc) is 3.07. The van der Waals surface area contributed by atoms with Gasteiger partial charge in [0.2, 0.25) is 0 Å². The SMILES string of the molecule is CCN(CC)CC1CCN(C(=O)c2ccc3c(c2)CCN3)CC1. The summed E-state index contributed by atoms with van der Waals surface area (Å²) in [4.78, 5) is 17.3. The van der Waals surface area contributed by atoms with Gasteiger partial charge in [0.1, 0.15) is 0 Å². The lowest BCUT2D eigenvalue weighted by molar-refractivity contribution is 0.0669. The van der Waals surface area contributed by atoms with Crippen LogP contribution in [0.1, 0.15) is 42.6 Å². The van der Waals surface area contributed by atoms with E-state index in [9.17, 15) is 4.79 Å². The van der Waals surface area contributed by atoms with Gasteiger partial charge in [0.15, 0.2) is 0 Å². The molecule has 1 saturated heterocycles. The smallest absolute Gasteiger partial charge is 0.253 e. The minimum atomic E-state index is 0.209.